The molecule has 33 heavy (non-hydrogen) atoms. The van der Waals surface area contributed by atoms with Crippen LogP contribution < -0.4 is 9.26 Å². The summed E-state index contributed by atoms with van der Waals surface area (Å²) in [7, 11) is -2.02. The molecule has 0 amide bonds. The van der Waals surface area contributed by atoms with Crippen molar-refractivity contribution in [3.8, 4) is 22.6 Å². The zero-order valence-corrected chi connectivity index (χ0v) is 20.5. The van der Waals surface area contributed by atoms with E-state index >= 15 is 0 Å². The predicted octanol–water partition coefficient (Wildman–Crippen LogP) is 8.18. The normalized spacial score (nSPS) is 14.1. The van der Waals surface area contributed by atoms with Crippen molar-refractivity contribution < 1.29 is 18.3 Å². The van der Waals surface area contributed by atoms with E-state index in [4.69, 9.17) is 13.8 Å². The fraction of sp³-hybridized carbons (Fsp3) is 0.286. The summed E-state index contributed by atoms with van der Waals surface area (Å²) in [6, 6.07) is 19.8. The van der Waals surface area contributed by atoms with Gasteiger partial charge in [-0.05, 0) is 43.0 Å². The first kappa shape index (κ1) is 23.4. The Hall–Kier alpha value is -2.81. The number of unbranched alkanes of at least 4 members (excludes halogenated alkanes) is 2. The van der Waals surface area contributed by atoms with Crippen molar-refractivity contribution in [2.24, 2.45) is 0 Å². The lowest BCUT2D eigenvalue weighted by molar-refractivity contribution is 0.320. The van der Waals surface area contributed by atoms with E-state index in [9.17, 15) is 4.57 Å². The van der Waals surface area contributed by atoms with Gasteiger partial charge in [-0.2, -0.15) is 0 Å². The van der Waals surface area contributed by atoms with Crippen LogP contribution in [0.2, 0.25) is 0 Å². The maximum atomic E-state index is 13.7. The van der Waals surface area contributed by atoms with Gasteiger partial charge in [0.2, 0.25) is 0 Å². The molecule has 0 saturated carbocycles. The molecule has 0 fully saturated rings. The van der Waals surface area contributed by atoms with E-state index in [-0.39, 0.29) is 6.16 Å². The Morgan fingerprint density at radius 2 is 1.76 bits per heavy atom. The lowest BCUT2D eigenvalue weighted by Gasteiger charge is -2.27. The largest absolute Gasteiger partial charge is 0.457 e. The zero-order chi connectivity index (χ0) is 23.4. The Morgan fingerprint density at radius 3 is 2.48 bits per heavy atom. The van der Waals surface area contributed by atoms with E-state index in [2.05, 4.69) is 25.6 Å². The van der Waals surface area contributed by atoms with Gasteiger partial charge in [-0.1, -0.05) is 80.4 Å². The summed E-state index contributed by atoms with van der Waals surface area (Å²) in [4.78, 5) is 0. The molecule has 0 spiro atoms. The van der Waals surface area contributed by atoms with Gasteiger partial charge >= 0.3 is 7.60 Å². The Bertz CT molecular complexity index is 1200. The number of rotatable bonds is 9. The second kappa shape index (κ2) is 9.99. The number of ether oxygens (including phenoxy) is 1. The quantitative estimate of drug-likeness (QED) is 0.238. The number of benzene rings is 3. The molecule has 1 aliphatic heterocycles. The summed E-state index contributed by atoms with van der Waals surface area (Å²) in [5, 5.41) is 0. The van der Waals surface area contributed by atoms with Crippen LogP contribution in [0.5, 0.6) is 11.5 Å². The summed E-state index contributed by atoms with van der Waals surface area (Å²) in [5.41, 5.74) is 5.78. The van der Waals surface area contributed by atoms with Crippen molar-refractivity contribution >= 4 is 13.4 Å². The third-order valence-corrected chi connectivity index (χ3v) is 7.69. The first-order valence-corrected chi connectivity index (χ1v) is 13.2. The van der Waals surface area contributed by atoms with E-state index in [1.807, 2.05) is 55.5 Å². The highest BCUT2D eigenvalue weighted by Crippen LogP contribution is 2.56. The number of hydrogen-bond donors (Lipinski definition) is 0. The Balaban J connectivity index is 1.80. The van der Waals surface area contributed by atoms with Crippen molar-refractivity contribution in [1.82, 2.24) is 0 Å². The molecule has 0 N–H and O–H groups in total. The molecule has 3 aromatic carbocycles. The number of fused-ring (bicyclic) bond motifs is 3. The number of hydrogen-bond acceptors (Lipinski definition) is 4. The standard InChI is InChI=1S/C28H31O4P/c1-5-6-8-13-23-17-26-28(25-16-20(2)14-15-24(25)21(3)31-26)27(18-23)32-33(29,30-4)19-22-11-9-7-10-12-22/h7,9-12,14-18H,3,5-6,8,13,19H2,1-2,4H3. The van der Waals surface area contributed by atoms with Gasteiger partial charge in [0, 0.05) is 18.2 Å². The molecule has 0 aromatic heterocycles. The predicted molar refractivity (Wildman–Crippen MR) is 135 cm³/mol. The van der Waals surface area contributed by atoms with E-state index < -0.39 is 7.60 Å². The maximum absolute atomic E-state index is 13.7. The van der Waals surface area contributed by atoms with Crippen molar-refractivity contribution in [3.05, 3.63) is 89.5 Å². The van der Waals surface area contributed by atoms with Gasteiger partial charge < -0.3 is 13.8 Å². The van der Waals surface area contributed by atoms with Crippen molar-refractivity contribution in [1.29, 1.82) is 0 Å². The molecule has 4 rings (SSSR count). The lowest BCUT2D eigenvalue weighted by atomic mass is 9.91. The Morgan fingerprint density at radius 1 is 0.970 bits per heavy atom. The molecule has 1 unspecified atom stereocenters. The Kier molecular flexibility index (Phi) is 7.07. The molecule has 0 bridgehead atoms. The maximum Gasteiger partial charge on any atom is 0.383 e. The molecule has 1 heterocycles. The monoisotopic (exact) mass is 462 g/mol. The van der Waals surface area contributed by atoms with Crippen LogP contribution in [-0.4, -0.2) is 7.11 Å². The van der Waals surface area contributed by atoms with Crippen LogP contribution in [0.25, 0.3) is 16.9 Å². The fourth-order valence-electron chi connectivity index (χ4n) is 4.17. The molecule has 5 heteroatoms. The van der Waals surface area contributed by atoms with Crippen molar-refractivity contribution in [3.63, 3.8) is 0 Å². The molecule has 172 valence electrons. The minimum Gasteiger partial charge on any atom is -0.457 e. The van der Waals surface area contributed by atoms with E-state index in [0.29, 0.717) is 17.3 Å². The first-order chi connectivity index (χ1) is 15.9. The van der Waals surface area contributed by atoms with Gasteiger partial charge in [0.15, 0.2) is 0 Å². The van der Waals surface area contributed by atoms with E-state index in [1.165, 1.54) is 7.11 Å². The smallest absolute Gasteiger partial charge is 0.383 e. The summed E-state index contributed by atoms with van der Waals surface area (Å²) < 4.78 is 31.6. The first-order valence-electron chi connectivity index (χ1n) is 11.5. The summed E-state index contributed by atoms with van der Waals surface area (Å²) in [6.45, 7) is 8.36. The van der Waals surface area contributed by atoms with Gasteiger partial charge in [0.05, 0.1) is 11.7 Å². The van der Waals surface area contributed by atoms with Gasteiger partial charge in [-0.3, -0.25) is 0 Å². The highest BCUT2D eigenvalue weighted by molar-refractivity contribution is 7.53. The highest BCUT2D eigenvalue weighted by atomic mass is 31.2. The van der Waals surface area contributed by atoms with Crippen LogP contribution in [0, 0.1) is 6.92 Å². The minimum atomic E-state index is -3.46. The molecule has 3 aromatic rings. The zero-order valence-electron chi connectivity index (χ0n) is 19.6. The third kappa shape index (κ3) is 5.24. The minimum absolute atomic E-state index is 0.188. The topological polar surface area (TPSA) is 44.8 Å². The van der Waals surface area contributed by atoms with Crippen LogP contribution >= 0.6 is 7.60 Å². The fourth-order valence-corrected chi connectivity index (χ4v) is 5.54. The van der Waals surface area contributed by atoms with Crippen LogP contribution in [-0.2, 0) is 21.7 Å². The molecule has 0 aliphatic carbocycles. The van der Waals surface area contributed by atoms with Crippen LogP contribution in [0.1, 0.15) is 48.4 Å². The third-order valence-electron chi connectivity index (χ3n) is 5.91. The van der Waals surface area contributed by atoms with Crippen LogP contribution in [0.3, 0.4) is 0 Å². The SMILES string of the molecule is C=C1Oc2cc(CCCCC)cc(OP(=O)(Cc3ccccc3)OC)c2-c2cc(C)ccc21. The van der Waals surface area contributed by atoms with Crippen LogP contribution in [0.15, 0.2) is 67.2 Å². The Labute approximate surface area is 196 Å². The van der Waals surface area contributed by atoms with Crippen molar-refractivity contribution in [2.75, 3.05) is 7.11 Å². The van der Waals surface area contributed by atoms with E-state index in [1.54, 1.807) is 0 Å². The second-order valence-corrected chi connectivity index (χ2v) is 10.6. The average Bonchev–Trinajstić information content (AvgIpc) is 2.79. The highest BCUT2D eigenvalue weighted by Gasteiger charge is 2.31. The second-order valence-electron chi connectivity index (χ2n) is 8.53. The van der Waals surface area contributed by atoms with Crippen LogP contribution in [0.4, 0.5) is 0 Å². The molecule has 1 aliphatic rings. The van der Waals surface area contributed by atoms with Gasteiger partial charge in [-0.25, -0.2) is 4.57 Å². The molecule has 0 radical (unpaired) electrons. The number of aryl methyl sites for hydroxylation is 2. The summed E-state index contributed by atoms with van der Waals surface area (Å²) >= 11 is 0. The summed E-state index contributed by atoms with van der Waals surface area (Å²) in [6.07, 6.45) is 4.44. The molecular weight excluding hydrogens is 431 g/mol. The molecule has 1 atom stereocenters. The molecule has 0 saturated heterocycles. The van der Waals surface area contributed by atoms with Gasteiger partial charge in [0.1, 0.15) is 17.3 Å². The molecule has 4 nitrogen and oxygen atoms in total. The summed E-state index contributed by atoms with van der Waals surface area (Å²) in [5.74, 6) is 1.82. The van der Waals surface area contributed by atoms with E-state index in [0.717, 1.165) is 59.1 Å². The lowest BCUT2D eigenvalue weighted by Crippen LogP contribution is -2.08. The van der Waals surface area contributed by atoms with Gasteiger partial charge in [-0.15, -0.1) is 0 Å². The molecular formula is C28H31O4P. The van der Waals surface area contributed by atoms with Crippen molar-refractivity contribution in [2.45, 2.75) is 45.7 Å². The van der Waals surface area contributed by atoms with Gasteiger partial charge in [0.25, 0.3) is 0 Å². The average molecular weight is 463 g/mol.